The Morgan fingerprint density at radius 3 is 2.76 bits per heavy atom. The summed E-state index contributed by atoms with van der Waals surface area (Å²) in [5.74, 6) is 2.29. The number of aliphatic hydroxyl groups excluding tert-OH is 2. The number of rotatable bonds is 6. The summed E-state index contributed by atoms with van der Waals surface area (Å²) in [6.07, 6.45) is 14.7. The van der Waals surface area contributed by atoms with Gasteiger partial charge < -0.3 is 10.2 Å². The number of fused-ring (bicyclic) bond motifs is 1. The van der Waals surface area contributed by atoms with Crippen LogP contribution in [0.3, 0.4) is 0 Å². The van der Waals surface area contributed by atoms with Crippen LogP contribution < -0.4 is 0 Å². The third-order valence-corrected chi connectivity index (χ3v) is 8.25. The van der Waals surface area contributed by atoms with Gasteiger partial charge in [-0.2, -0.15) is 0 Å². The van der Waals surface area contributed by atoms with Gasteiger partial charge in [0.1, 0.15) is 0 Å². The lowest BCUT2D eigenvalue weighted by Gasteiger charge is -2.44. The van der Waals surface area contributed by atoms with E-state index in [0.717, 1.165) is 29.4 Å². The topological polar surface area (TPSA) is 40.5 Å². The molecule has 6 atom stereocenters. The molecule has 0 amide bonds. The molecule has 2 N–H and O–H groups in total. The Morgan fingerprint density at radius 2 is 2.03 bits per heavy atom. The molecule has 0 aromatic rings. The van der Waals surface area contributed by atoms with Gasteiger partial charge in [-0.15, -0.1) is 6.58 Å². The van der Waals surface area contributed by atoms with E-state index < -0.39 is 12.2 Å². The van der Waals surface area contributed by atoms with Crippen molar-refractivity contribution >= 4 is 0 Å². The molecule has 3 saturated carbocycles. The van der Waals surface area contributed by atoms with Gasteiger partial charge in [0, 0.05) is 6.42 Å². The molecule has 0 radical (unpaired) electrons. The molecule has 3 aliphatic rings. The second-order valence-electron chi connectivity index (χ2n) is 10.5. The molecule has 0 heterocycles. The smallest absolute Gasteiger partial charge is 0.0811 e. The first-order valence-corrected chi connectivity index (χ1v) is 11.8. The third-order valence-electron chi connectivity index (χ3n) is 8.25. The fourth-order valence-corrected chi connectivity index (χ4v) is 6.61. The highest BCUT2D eigenvalue weighted by Gasteiger charge is 2.50. The summed E-state index contributed by atoms with van der Waals surface area (Å²) in [6, 6.07) is 0. The lowest BCUT2D eigenvalue weighted by atomic mass is 9.60. The van der Waals surface area contributed by atoms with Gasteiger partial charge in [0.25, 0.3) is 0 Å². The summed E-state index contributed by atoms with van der Waals surface area (Å²) in [7, 11) is 0. The van der Waals surface area contributed by atoms with Gasteiger partial charge in [0.2, 0.25) is 0 Å². The molecular formula is C27H42O2. The predicted octanol–water partition coefficient (Wildman–Crippen LogP) is 6.51. The summed E-state index contributed by atoms with van der Waals surface area (Å²) in [5.41, 5.74) is 5.14. The maximum Gasteiger partial charge on any atom is 0.0811 e. The van der Waals surface area contributed by atoms with Crippen molar-refractivity contribution in [2.75, 3.05) is 0 Å². The Morgan fingerprint density at radius 1 is 1.28 bits per heavy atom. The Hall–Kier alpha value is -1.12. The molecule has 0 aromatic carbocycles. The quantitative estimate of drug-likeness (QED) is 0.501. The molecule has 0 spiro atoms. The van der Waals surface area contributed by atoms with Crippen molar-refractivity contribution in [1.29, 1.82) is 0 Å². The number of hydrogen-bond acceptors (Lipinski definition) is 2. The van der Waals surface area contributed by atoms with E-state index in [0.29, 0.717) is 24.2 Å². The third kappa shape index (κ3) is 4.97. The van der Waals surface area contributed by atoms with Crippen LogP contribution in [-0.4, -0.2) is 22.4 Å². The van der Waals surface area contributed by atoms with Crippen LogP contribution in [0.25, 0.3) is 0 Å². The van der Waals surface area contributed by atoms with E-state index in [1.54, 1.807) is 5.57 Å². The highest BCUT2D eigenvalue weighted by Crippen LogP contribution is 2.59. The highest BCUT2D eigenvalue weighted by atomic mass is 16.3. The Bertz CT molecular complexity index is 685. The van der Waals surface area contributed by atoms with E-state index >= 15 is 0 Å². The van der Waals surface area contributed by atoms with Crippen molar-refractivity contribution in [2.24, 2.45) is 23.2 Å². The molecule has 3 rings (SSSR count). The normalized spacial score (nSPS) is 39.0. The van der Waals surface area contributed by atoms with Crippen molar-refractivity contribution in [3.8, 4) is 0 Å². The lowest BCUT2D eigenvalue weighted by molar-refractivity contribution is 0.0861. The molecular weight excluding hydrogens is 356 g/mol. The van der Waals surface area contributed by atoms with Gasteiger partial charge in [-0.1, -0.05) is 50.1 Å². The van der Waals surface area contributed by atoms with Gasteiger partial charge >= 0.3 is 0 Å². The van der Waals surface area contributed by atoms with E-state index in [9.17, 15) is 10.2 Å². The molecule has 3 aliphatic carbocycles. The van der Waals surface area contributed by atoms with E-state index in [4.69, 9.17) is 0 Å². The summed E-state index contributed by atoms with van der Waals surface area (Å²) in [4.78, 5) is 0. The SMILES string of the molecule is C=C(C)CCC[C@@H](C)[C@H]1CC[C@H]2/C(=C/C=C3/C[C@@H](O)C[C@H](O)C3=C)CCC[C@]12C. The average Bonchev–Trinajstić information content (AvgIpc) is 3.00. The summed E-state index contributed by atoms with van der Waals surface area (Å²) >= 11 is 0. The van der Waals surface area contributed by atoms with Crippen molar-refractivity contribution in [1.82, 2.24) is 0 Å². The van der Waals surface area contributed by atoms with Crippen molar-refractivity contribution in [2.45, 2.75) is 97.2 Å². The van der Waals surface area contributed by atoms with E-state index in [1.165, 1.54) is 50.5 Å². The average molecular weight is 399 g/mol. The zero-order chi connectivity index (χ0) is 21.2. The maximum atomic E-state index is 10.1. The second-order valence-corrected chi connectivity index (χ2v) is 10.5. The molecule has 2 heteroatoms. The summed E-state index contributed by atoms with van der Waals surface area (Å²) in [5, 5.41) is 20.1. The van der Waals surface area contributed by atoms with Gasteiger partial charge in [0.05, 0.1) is 12.2 Å². The zero-order valence-corrected chi connectivity index (χ0v) is 18.9. The van der Waals surface area contributed by atoms with Gasteiger partial charge in [0.15, 0.2) is 0 Å². The van der Waals surface area contributed by atoms with Crippen LogP contribution in [0, 0.1) is 23.2 Å². The van der Waals surface area contributed by atoms with Crippen molar-refractivity contribution in [3.05, 3.63) is 47.6 Å². The molecule has 0 aliphatic heterocycles. The minimum absolute atomic E-state index is 0.415. The van der Waals surface area contributed by atoms with Crippen LogP contribution in [0.2, 0.25) is 0 Å². The fraction of sp³-hybridized carbons (Fsp3) is 0.704. The van der Waals surface area contributed by atoms with E-state index in [1.807, 2.05) is 0 Å². The van der Waals surface area contributed by atoms with Gasteiger partial charge in [-0.05, 0) is 92.6 Å². The number of hydrogen-bond donors (Lipinski definition) is 2. The molecule has 3 fully saturated rings. The van der Waals surface area contributed by atoms with Crippen LogP contribution in [0.1, 0.15) is 85.0 Å². The molecule has 2 nitrogen and oxygen atoms in total. The first-order valence-electron chi connectivity index (χ1n) is 11.8. The molecule has 0 unspecified atom stereocenters. The van der Waals surface area contributed by atoms with E-state index in [-0.39, 0.29) is 0 Å². The van der Waals surface area contributed by atoms with Gasteiger partial charge in [-0.25, -0.2) is 0 Å². The minimum atomic E-state index is -0.601. The summed E-state index contributed by atoms with van der Waals surface area (Å²) in [6.45, 7) is 15.3. The van der Waals surface area contributed by atoms with Crippen LogP contribution in [0.4, 0.5) is 0 Å². The first kappa shape index (κ1) is 22.6. The molecule has 0 aromatic heterocycles. The number of allylic oxidation sites excluding steroid dienone is 4. The number of aliphatic hydroxyl groups is 2. The monoisotopic (exact) mass is 398 g/mol. The Balaban J connectivity index is 1.72. The lowest BCUT2D eigenvalue weighted by Crippen LogP contribution is -2.36. The fourth-order valence-electron chi connectivity index (χ4n) is 6.61. The highest BCUT2D eigenvalue weighted by molar-refractivity contribution is 5.38. The van der Waals surface area contributed by atoms with Crippen LogP contribution >= 0.6 is 0 Å². The molecule has 0 bridgehead atoms. The van der Waals surface area contributed by atoms with Crippen molar-refractivity contribution in [3.63, 3.8) is 0 Å². The summed E-state index contributed by atoms with van der Waals surface area (Å²) < 4.78 is 0. The van der Waals surface area contributed by atoms with E-state index in [2.05, 4.69) is 46.1 Å². The Kier molecular flexibility index (Phi) is 7.27. The van der Waals surface area contributed by atoms with Crippen molar-refractivity contribution < 1.29 is 10.2 Å². The van der Waals surface area contributed by atoms with Crippen LogP contribution in [0.5, 0.6) is 0 Å². The second kappa shape index (κ2) is 9.35. The standard InChI is InChI=1S/C27H42O2/c1-18(2)8-6-9-19(3)24-13-14-25-21(10-7-15-27(24,25)5)11-12-22-16-23(28)17-26(29)20(22)4/h11-12,19,23-26,28-29H,1,4,6-10,13-17H2,2-3,5H3/b21-11+,22-12-/t19-,23-,24-,25+,26+,27-/m1/s1. The van der Waals surface area contributed by atoms with Crippen LogP contribution in [-0.2, 0) is 0 Å². The molecule has 0 saturated heterocycles. The first-order chi connectivity index (χ1) is 13.7. The zero-order valence-electron chi connectivity index (χ0n) is 18.9. The minimum Gasteiger partial charge on any atom is -0.393 e. The maximum absolute atomic E-state index is 10.1. The molecule has 29 heavy (non-hydrogen) atoms. The van der Waals surface area contributed by atoms with Gasteiger partial charge in [-0.3, -0.25) is 0 Å². The largest absolute Gasteiger partial charge is 0.393 e. The van der Waals surface area contributed by atoms with Crippen LogP contribution in [0.15, 0.2) is 47.6 Å². The predicted molar refractivity (Wildman–Crippen MR) is 123 cm³/mol. The molecule has 162 valence electrons. The Labute approximate surface area is 178 Å².